The monoisotopic (exact) mass is 265 g/mol. The molecule has 3 aliphatic rings. The fraction of sp³-hybridized carbons (Fsp3) is 0.933. The third-order valence-electron chi connectivity index (χ3n) is 5.27. The molecule has 0 bridgehead atoms. The van der Waals surface area contributed by atoms with Crippen molar-refractivity contribution >= 4 is 6.03 Å². The van der Waals surface area contributed by atoms with Crippen LogP contribution < -0.4 is 5.32 Å². The van der Waals surface area contributed by atoms with E-state index in [0.29, 0.717) is 12.1 Å². The number of nitrogens with one attached hydrogen (secondary N) is 1. The summed E-state index contributed by atoms with van der Waals surface area (Å²) >= 11 is 0. The third-order valence-corrected chi connectivity index (χ3v) is 5.27. The van der Waals surface area contributed by atoms with Crippen LogP contribution in [0.4, 0.5) is 4.79 Å². The summed E-state index contributed by atoms with van der Waals surface area (Å²) in [5.41, 5.74) is 0. The highest BCUT2D eigenvalue weighted by molar-refractivity contribution is 5.77. The highest BCUT2D eigenvalue weighted by Gasteiger charge is 2.40. The number of rotatable bonds is 3. The first-order valence-electron chi connectivity index (χ1n) is 8.01. The molecule has 19 heavy (non-hydrogen) atoms. The van der Waals surface area contributed by atoms with Gasteiger partial charge in [-0.05, 0) is 38.1 Å². The van der Waals surface area contributed by atoms with Gasteiger partial charge in [-0.1, -0.05) is 19.3 Å². The molecule has 108 valence electrons. The molecule has 3 rings (SSSR count). The molecule has 1 saturated carbocycles. The van der Waals surface area contributed by atoms with Crippen LogP contribution >= 0.6 is 0 Å². The quantitative estimate of drug-likeness (QED) is 0.848. The van der Waals surface area contributed by atoms with Crippen LogP contribution in [-0.4, -0.2) is 54.6 Å². The van der Waals surface area contributed by atoms with Gasteiger partial charge in [0.05, 0.1) is 6.04 Å². The minimum Gasteiger partial charge on any atom is -0.323 e. The van der Waals surface area contributed by atoms with Gasteiger partial charge in [0.25, 0.3) is 0 Å². The summed E-state index contributed by atoms with van der Waals surface area (Å²) in [6.07, 6.45) is 9.21. The van der Waals surface area contributed by atoms with Gasteiger partial charge < -0.3 is 15.1 Å². The largest absolute Gasteiger partial charge is 0.323 e. The van der Waals surface area contributed by atoms with Crippen LogP contribution in [0.1, 0.15) is 44.9 Å². The van der Waals surface area contributed by atoms with Crippen LogP contribution in [0.3, 0.4) is 0 Å². The second-order valence-corrected chi connectivity index (χ2v) is 6.56. The number of carbonyl (C=O) groups excluding carboxylic acids is 1. The Labute approximate surface area is 116 Å². The van der Waals surface area contributed by atoms with E-state index in [1.807, 2.05) is 11.9 Å². The molecule has 0 aromatic rings. The molecular weight excluding hydrogens is 238 g/mol. The summed E-state index contributed by atoms with van der Waals surface area (Å²) in [4.78, 5) is 16.5. The zero-order valence-corrected chi connectivity index (χ0v) is 12.1. The van der Waals surface area contributed by atoms with Gasteiger partial charge in [0.15, 0.2) is 0 Å². The standard InChI is InChI=1S/C15H27N3O/c1-17-14(12-6-3-2-4-7-12)11-18(15(17)19)10-13-8-5-9-16-13/h12-14,16H,2-11H2,1H3. The van der Waals surface area contributed by atoms with Crippen molar-refractivity contribution in [2.45, 2.75) is 57.0 Å². The first-order valence-corrected chi connectivity index (χ1v) is 8.01. The number of nitrogens with zero attached hydrogens (tertiary/aromatic N) is 2. The molecule has 0 radical (unpaired) electrons. The minimum absolute atomic E-state index is 0.254. The van der Waals surface area contributed by atoms with E-state index in [0.717, 1.165) is 25.6 Å². The number of carbonyl (C=O) groups is 1. The molecule has 2 atom stereocenters. The van der Waals surface area contributed by atoms with Crippen molar-refractivity contribution in [3.8, 4) is 0 Å². The van der Waals surface area contributed by atoms with Crippen LogP contribution in [0.5, 0.6) is 0 Å². The molecule has 3 fully saturated rings. The van der Waals surface area contributed by atoms with Gasteiger partial charge in [-0.2, -0.15) is 0 Å². The Kier molecular flexibility index (Phi) is 3.96. The van der Waals surface area contributed by atoms with E-state index in [1.54, 1.807) is 0 Å². The van der Waals surface area contributed by atoms with Gasteiger partial charge in [-0.25, -0.2) is 4.79 Å². The number of urea groups is 1. The topological polar surface area (TPSA) is 35.6 Å². The van der Waals surface area contributed by atoms with Crippen LogP contribution in [0, 0.1) is 5.92 Å². The smallest absolute Gasteiger partial charge is 0.320 e. The summed E-state index contributed by atoms with van der Waals surface area (Å²) in [5, 5.41) is 3.50. The lowest BCUT2D eigenvalue weighted by atomic mass is 9.84. The summed E-state index contributed by atoms with van der Waals surface area (Å²) in [7, 11) is 2.00. The van der Waals surface area contributed by atoms with E-state index < -0.39 is 0 Å². The maximum Gasteiger partial charge on any atom is 0.320 e. The van der Waals surface area contributed by atoms with Gasteiger partial charge in [-0.3, -0.25) is 0 Å². The van der Waals surface area contributed by atoms with E-state index >= 15 is 0 Å². The highest BCUT2D eigenvalue weighted by atomic mass is 16.2. The molecule has 2 heterocycles. The number of hydrogen-bond donors (Lipinski definition) is 1. The molecule has 2 aliphatic heterocycles. The Balaban J connectivity index is 1.59. The zero-order chi connectivity index (χ0) is 13.2. The van der Waals surface area contributed by atoms with Gasteiger partial charge in [0.1, 0.15) is 0 Å². The molecule has 1 N–H and O–H groups in total. The van der Waals surface area contributed by atoms with Crippen molar-refractivity contribution in [2.75, 3.05) is 26.7 Å². The van der Waals surface area contributed by atoms with Gasteiger partial charge in [0, 0.05) is 26.2 Å². The first kappa shape index (κ1) is 13.2. The second kappa shape index (κ2) is 5.70. The van der Waals surface area contributed by atoms with E-state index in [4.69, 9.17) is 0 Å². The van der Waals surface area contributed by atoms with Crippen molar-refractivity contribution in [1.82, 2.24) is 15.1 Å². The molecule has 0 aromatic heterocycles. The predicted octanol–water partition coefficient (Wildman–Crippen LogP) is 2.05. The average Bonchev–Trinajstić information content (AvgIpc) is 3.04. The fourth-order valence-corrected chi connectivity index (χ4v) is 4.11. The van der Waals surface area contributed by atoms with Crippen molar-refractivity contribution in [1.29, 1.82) is 0 Å². The van der Waals surface area contributed by atoms with Crippen molar-refractivity contribution < 1.29 is 4.79 Å². The van der Waals surface area contributed by atoms with E-state index in [2.05, 4.69) is 10.2 Å². The summed E-state index contributed by atoms with van der Waals surface area (Å²) in [6, 6.07) is 1.25. The Bertz CT molecular complexity index is 321. The molecule has 4 heteroatoms. The van der Waals surface area contributed by atoms with Gasteiger partial charge in [-0.15, -0.1) is 0 Å². The third kappa shape index (κ3) is 2.73. The molecule has 2 amide bonds. The number of hydrogen-bond acceptors (Lipinski definition) is 2. The summed E-state index contributed by atoms with van der Waals surface area (Å²) < 4.78 is 0. The Morgan fingerprint density at radius 2 is 1.95 bits per heavy atom. The normalized spacial score (nSPS) is 33.4. The van der Waals surface area contributed by atoms with Crippen LogP contribution in [0.2, 0.25) is 0 Å². The van der Waals surface area contributed by atoms with Gasteiger partial charge >= 0.3 is 6.03 Å². The molecule has 4 nitrogen and oxygen atoms in total. The molecule has 0 spiro atoms. The highest BCUT2D eigenvalue weighted by Crippen LogP contribution is 2.32. The summed E-state index contributed by atoms with van der Waals surface area (Å²) in [5.74, 6) is 0.740. The van der Waals surface area contributed by atoms with Crippen molar-refractivity contribution in [2.24, 2.45) is 5.92 Å². The lowest BCUT2D eigenvalue weighted by Gasteiger charge is -2.30. The maximum absolute atomic E-state index is 12.4. The van der Waals surface area contributed by atoms with Gasteiger partial charge in [0.2, 0.25) is 0 Å². The van der Waals surface area contributed by atoms with Crippen LogP contribution in [0.25, 0.3) is 0 Å². The first-order chi connectivity index (χ1) is 9.25. The van der Waals surface area contributed by atoms with Crippen molar-refractivity contribution in [3.05, 3.63) is 0 Å². The Morgan fingerprint density at radius 1 is 1.16 bits per heavy atom. The lowest BCUT2D eigenvalue weighted by molar-refractivity contribution is 0.179. The Hall–Kier alpha value is -0.770. The minimum atomic E-state index is 0.254. The summed E-state index contributed by atoms with van der Waals surface area (Å²) in [6.45, 7) is 2.99. The molecule has 2 unspecified atom stereocenters. The van der Waals surface area contributed by atoms with E-state index in [9.17, 15) is 4.79 Å². The molecule has 2 saturated heterocycles. The Morgan fingerprint density at radius 3 is 2.63 bits per heavy atom. The predicted molar refractivity (Wildman–Crippen MR) is 76.1 cm³/mol. The number of amides is 2. The SMILES string of the molecule is CN1C(=O)N(CC2CCCN2)CC1C1CCCCC1. The lowest BCUT2D eigenvalue weighted by Crippen LogP contribution is -2.39. The molecular formula is C15H27N3O. The van der Waals surface area contributed by atoms with E-state index in [-0.39, 0.29) is 6.03 Å². The molecule has 0 aromatic carbocycles. The van der Waals surface area contributed by atoms with Crippen LogP contribution in [-0.2, 0) is 0 Å². The molecule has 1 aliphatic carbocycles. The van der Waals surface area contributed by atoms with E-state index in [1.165, 1.54) is 44.9 Å². The number of likely N-dealkylation sites (N-methyl/N-ethyl adjacent to an activating group) is 1. The van der Waals surface area contributed by atoms with Crippen LogP contribution in [0.15, 0.2) is 0 Å². The average molecular weight is 265 g/mol. The second-order valence-electron chi connectivity index (χ2n) is 6.56. The van der Waals surface area contributed by atoms with Crippen molar-refractivity contribution in [3.63, 3.8) is 0 Å². The zero-order valence-electron chi connectivity index (χ0n) is 12.1. The fourth-order valence-electron chi connectivity index (χ4n) is 4.11. The maximum atomic E-state index is 12.4.